The molecule has 1 atom stereocenters. The first kappa shape index (κ1) is 12.4. The van der Waals surface area contributed by atoms with E-state index in [1.54, 1.807) is 29.2 Å². The van der Waals surface area contributed by atoms with Gasteiger partial charge in [0.05, 0.1) is 11.6 Å². The molecule has 2 amide bonds. The monoisotopic (exact) mass is 244 g/mol. The average molecular weight is 244 g/mol. The minimum atomic E-state index is -0.130. The Bertz CT molecular complexity index is 463. The van der Waals surface area contributed by atoms with Gasteiger partial charge in [0.25, 0.3) is 0 Å². The van der Waals surface area contributed by atoms with E-state index in [4.69, 9.17) is 11.0 Å². The first-order valence-corrected chi connectivity index (χ1v) is 6.00. The lowest BCUT2D eigenvalue weighted by Crippen LogP contribution is -2.47. The number of urea groups is 1. The summed E-state index contributed by atoms with van der Waals surface area (Å²) in [5, 5.41) is 11.5. The number of nitrogens with one attached hydrogen (secondary N) is 1. The largest absolute Gasteiger partial charge is 0.326 e. The van der Waals surface area contributed by atoms with Crippen molar-refractivity contribution in [3.8, 4) is 6.07 Å². The van der Waals surface area contributed by atoms with Crippen LogP contribution in [-0.2, 0) is 0 Å². The van der Waals surface area contributed by atoms with Gasteiger partial charge in [-0.1, -0.05) is 0 Å². The molecule has 1 saturated heterocycles. The Labute approximate surface area is 106 Å². The van der Waals surface area contributed by atoms with E-state index in [1.807, 2.05) is 6.07 Å². The molecule has 1 aliphatic rings. The zero-order valence-electron chi connectivity index (χ0n) is 10.1. The highest BCUT2D eigenvalue weighted by Crippen LogP contribution is 2.13. The summed E-state index contributed by atoms with van der Waals surface area (Å²) < 4.78 is 0. The van der Waals surface area contributed by atoms with Crippen molar-refractivity contribution in [2.24, 2.45) is 5.73 Å². The lowest BCUT2D eigenvalue weighted by molar-refractivity contribution is 0.193. The highest BCUT2D eigenvalue weighted by molar-refractivity contribution is 5.89. The van der Waals surface area contributed by atoms with Gasteiger partial charge in [-0.25, -0.2) is 4.79 Å². The molecule has 0 aromatic heterocycles. The molecule has 1 aromatic rings. The van der Waals surface area contributed by atoms with Crippen LogP contribution in [0.2, 0.25) is 0 Å². The Hall–Kier alpha value is -2.06. The number of anilines is 1. The van der Waals surface area contributed by atoms with E-state index in [-0.39, 0.29) is 12.1 Å². The Morgan fingerprint density at radius 1 is 1.44 bits per heavy atom. The Morgan fingerprint density at radius 3 is 2.78 bits per heavy atom. The van der Waals surface area contributed by atoms with Gasteiger partial charge in [-0.15, -0.1) is 0 Å². The van der Waals surface area contributed by atoms with Crippen molar-refractivity contribution in [2.75, 3.05) is 18.4 Å². The molecule has 1 aromatic carbocycles. The molecule has 1 fully saturated rings. The van der Waals surface area contributed by atoms with Gasteiger partial charge in [0.1, 0.15) is 0 Å². The number of likely N-dealkylation sites (tertiary alicyclic amines) is 1. The summed E-state index contributed by atoms with van der Waals surface area (Å²) in [5.41, 5.74) is 7.11. The zero-order chi connectivity index (χ0) is 13.0. The normalized spacial score (nSPS) is 19.1. The summed E-state index contributed by atoms with van der Waals surface area (Å²) in [6.45, 7) is 1.35. The molecule has 5 nitrogen and oxygen atoms in total. The molecule has 0 bridgehead atoms. The van der Waals surface area contributed by atoms with Crippen molar-refractivity contribution in [1.29, 1.82) is 5.26 Å². The van der Waals surface area contributed by atoms with E-state index >= 15 is 0 Å². The van der Waals surface area contributed by atoms with E-state index in [0.29, 0.717) is 17.8 Å². The number of hydrogen-bond acceptors (Lipinski definition) is 3. The van der Waals surface area contributed by atoms with Crippen molar-refractivity contribution in [3.63, 3.8) is 0 Å². The minimum Gasteiger partial charge on any atom is -0.326 e. The molecule has 2 rings (SSSR count). The number of nitrogens with two attached hydrogens (primary N) is 1. The maximum atomic E-state index is 12.0. The Kier molecular flexibility index (Phi) is 3.80. The van der Waals surface area contributed by atoms with Gasteiger partial charge in [-0.05, 0) is 37.1 Å². The third kappa shape index (κ3) is 2.99. The van der Waals surface area contributed by atoms with Gasteiger partial charge in [-0.3, -0.25) is 0 Å². The second-order valence-electron chi connectivity index (χ2n) is 4.47. The summed E-state index contributed by atoms with van der Waals surface area (Å²) >= 11 is 0. The Balaban J connectivity index is 1.96. The summed E-state index contributed by atoms with van der Waals surface area (Å²) in [6.07, 6.45) is 1.92. The maximum absolute atomic E-state index is 12.0. The molecule has 0 aliphatic carbocycles. The van der Waals surface area contributed by atoms with E-state index < -0.39 is 0 Å². The lowest BCUT2D eigenvalue weighted by Gasteiger charge is -2.30. The van der Waals surface area contributed by atoms with Gasteiger partial charge < -0.3 is 16.0 Å². The maximum Gasteiger partial charge on any atom is 0.321 e. The van der Waals surface area contributed by atoms with E-state index in [9.17, 15) is 4.79 Å². The SMILES string of the molecule is N#Cc1ccc(NC(=O)N2CCC[C@@H](N)C2)cc1. The zero-order valence-corrected chi connectivity index (χ0v) is 10.1. The highest BCUT2D eigenvalue weighted by atomic mass is 16.2. The van der Waals surface area contributed by atoms with Crippen LogP contribution in [0.5, 0.6) is 0 Å². The quantitative estimate of drug-likeness (QED) is 0.785. The second kappa shape index (κ2) is 5.52. The third-order valence-electron chi connectivity index (χ3n) is 3.01. The second-order valence-corrected chi connectivity index (χ2v) is 4.47. The van der Waals surface area contributed by atoms with Crippen molar-refractivity contribution in [2.45, 2.75) is 18.9 Å². The van der Waals surface area contributed by atoms with Crippen LogP contribution < -0.4 is 11.1 Å². The molecule has 94 valence electrons. The predicted octanol–water partition coefficient (Wildman–Crippen LogP) is 1.51. The summed E-state index contributed by atoms with van der Waals surface area (Å²) in [6, 6.07) is 8.78. The third-order valence-corrected chi connectivity index (χ3v) is 3.01. The van der Waals surface area contributed by atoms with Crippen molar-refractivity contribution >= 4 is 11.7 Å². The molecule has 0 unspecified atom stereocenters. The smallest absolute Gasteiger partial charge is 0.321 e. The van der Waals surface area contributed by atoms with Crippen molar-refractivity contribution in [3.05, 3.63) is 29.8 Å². The number of hydrogen-bond donors (Lipinski definition) is 2. The van der Waals surface area contributed by atoms with Crippen LogP contribution >= 0.6 is 0 Å². The Morgan fingerprint density at radius 2 is 2.17 bits per heavy atom. The van der Waals surface area contributed by atoms with Gasteiger partial charge in [-0.2, -0.15) is 5.26 Å². The van der Waals surface area contributed by atoms with Crippen LogP contribution in [0.1, 0.15) is 18.4 Å². The molecule has 0 radical (unpaired) electrons. The van der Waals surface area contributed by atoms with E-state index in [2.05, 4.69) is 5.32 Å². The molecule has 1 aliphatic heterocycles. The molecule has 18 heavy (non-hydrogen) atoms. The summed E-state index contributed by atoms with van der Waals surface area (Å²) in [7, 11) is 0. The van der Waals surface area contributed by atoms with Crippen molar-refractivity contribution in [1.82, 2.24) is 4.90 Å². The predicted molar refractivity (Wildman–Crippen MR) is 69.0 cm³/mol. The minimum absolute atomic E-state index is 0.0745. The molecule has 1 heterocycles. The standard InChI is InChI=1S/C13H16N4O/c14-8-10-3-5-12(6-4-10)16-13(18)17-7-1-2-11(15)9-17/h3-6,11H,1-2,7,9,15H2,(H,16,18)/t11-/m1/s1. The molecule has 0 spiro atoms. The van der Waals surface area contributed by atoms with Crippen LogP contribution in [0, 0.1) is 11.3 Å². The van der Waals surface area contributed by atoms with Crippen LogP contribution in [0.15, 0.2) is 24.3 Å². The molecule has 5 heteroatoms. The molecular formula is C13H16N4O. The fourth-order valence-corrected chi connectivity index (χ4v) is 2.03. The molecule has 0 saturated carbocycles. The molecule has 3 N–H and O–H groups in total. The van der Waals surface area contributed by atoms with E-state index in [1.165, 1.54) is 0 Å². The fraction of sp³-hybridized carbons (Fsp3) is 0.385. The number of carbonyl (C=O) groups is 1. The molecular weight excluding hydrogens is 228 g/mol. The van der Waals surface area contributed by atoms with Crippen molar-refractivity contribution < 1.29 is 4.79 Å². The first-order valence-electron chi connectivity index (χ1n) is 6.00. The first-order chi connectivity index (χ1) is 8.69. The van der Waals surface area contributed by atoms with Gasteiger partial charge in [0.15, 0.2) is 0 Å². The van der Waals surface area contributed by atoms with Crippen LogP contribution in [0.3, 0.4) is 0 Å². The lowest BCUT2D eigenvalue weighted by atomic mass is 10.1. The number of nitriles is 1. The van der Waals surface area contributed by atoms with Crippen LogP contribution in [0.25, 0.3) is 0 Å². The van der Waals surface area contributed by atoms with Crippen LogP contribution in [-0.4, -0.2) is 30.1 Å². The summed E-state index contributed by atoms with van der Waals surface area (Å²) in [5.74, 6) is 0. The average Bonchev–Trinajstić information content (AvgIpc) is 2.39. The number of carbonyl (C=O) groups excluding carboxylic acids is 1. The number of piperidine rings is 1. The van der Waals surface area contributed by atoms with Gasteiger partial charge >= 0.3 is 6.03 Å². The number of rotatable bonds is 1. The summed E-state index contributed by atoms with van der Waals surface area (Å²) in [4.78, 5) is 13.7. The van der Waals surface area contributed by atoms with Gasteiger partial charge in [0, 0.05) is 24.8 Å². The highest BCUT2D eigenvalue weighted by Gasteiger charge is 2.20. The van der Waals surface area contributed by atoms with Crippen LogP contribution in [0.4, 0.5) is 10.5 Å². The topological polar surface area (TPSA) is 82.2 Å². The fourth-order valence-electron chi connectivity index (χ4n) is 2.03. The van der Waals surface area contributed by atoms with E-state index in [0.717, 1.165) is 19.4 Å². The number of nitrogens with zero attached hydrogens (tertiary/aromatic N) is 2. The number of amides is 2. The number of benzene rings is 1. The van der Waals surface area contributed by atoms with Gasteiger partial charge in [0.2, 0.25) is 0 Å².